The molecule has 2 aromatic carbocycles. The highest BCUT2D eigenvalue weighted by atomic mass is 79.9. The molecule has 0 spiro atoms. The third-order valence-electron chi connectivity index (χ3n) is 4.06. The Labute approximate surface area is 169 Å². The van der Waals surface area contributed by atoms with Gasteiger partial charge in [-0.25, -0.2) is 4.98 Å². The summed E-state index contributed by atoms with van der Waals surface area (Å²) in [6.45, 7) is 2.39. The van der Waals surface area contributed by atoms with E-state index in [1.807, 2.05) is 56.6 Å². The third kappa shape index (κ3) is 5.77. The van der Waals surface area contributed by atoms with Gasteiger partial charge in [0.25, 0.3) is 0 Å². The Hall–Kier alpha value is -2.44. The molecule has 0 aliphatic heterocycles. The van der Waals surface area contributed by atoms with Gasteiger partial charge < -0.3 is 15.5 Å². The maximum absolute atomic E-state index is 4.68. The number of hydrogen-bond donors (Lipinski definition) is 2. The minimum Gasteiger partial charge on any atom is -0.366 e. The molecule has 1 heterocycles. The first kappa shape index (κ1) is 19.3. The number of aromatic nitrogens is 2. The SMILES string of the molecule is CN(C)CCNc1nc(NCc2ccccc2Br)cc(-c2ccccc2)n1. The number of nitrogens with one attached hydrogen (secondary N) is 2. The monoisotopic (exact) mass is 425 g/mol. The zero-order valence-corrected chi connectivity index (χ0v) is 17.2. The molecule has 27 heavy (non-hydrogen) atoms. The second kappa shape index (κ2) is 9.48. The molecule has 0 radical (unpaired) electrons. The van der Waals surface area contributed by atoms with Crippen LogP contribution in [0.15, 0.2) is 65.1 Å². The van der Waals surface area contributed by atoms with Crippen molar-refractivity contribution in [3.63, 3.8) is 0 Å². The summed E-state index contributed by atoms with van der Waals surface area (Å²) in [5.74, 6) is 1.43. The summed E-state index contributed by atoms with van der Waals surface area (Å²) in [5, 5.41) is 6.74. The Balaban J connectivity index is 1.81. The molecule has 0 aliphatic carbocycles. The molecular formula is C21H24BrN5. The Morgan fingerprint density at radius 3 is 2.41 bits per heavy atom. The molecule has 3 rings (SSSR count). The Kier molecular flexibility index (Phi) is 6.79. The van der Waals surface area contributed by atoms with Gasteiger partial charge in [0.1, 0.15) is 5.82 Å². The standard InChI is InChI=1S/C21H24BrN5/c1-27(2)13-12-23-21-25-19(16-8-4-3-5-9-16)14-20(26-21)24-15-17-10-6-7-11-18(17)22/h3-11,14H,12-13,15H2,1-2H3,(H2,23,24,25,26). The van der Waals surface area contributed by atoms with Crippen molar-refractivity contribution in [1.29, 1.82) is 0 Å². The Morgan fingerprint density at radius 2 is 1.67 bits per heavy atom. The highest BCUT2D eigenvalue weighted by Crippen LogP contribution is 2.22. The minimum atomic E-state index is 0.632. The summed E-state index contributed by atoms with van der Waals surface area (Å²) >= 11 is 3.59. The molecule has 0 saturated carbocycles. The van der Waals surface area contributed by atoms with E-state index in [2.05, 4.69) is 59.6 Å². The summed E-state index contributed by atoms with van der Waals surface area (Å²) in [4.78, 5) is 11.4. The van der Waals surface area contributed by atoms with E-state index >= 15 is 0 Å². The van der Waals surface area contributed by atoms with Crippen LogP contribution >= 0.6 is 15.9 Å². The number of hydrogen-bond acceptors (Lipinski definition) is 5. The molecule has 0 bridgehead atoms. The van der Waals surface area contributed by atoms with Crippen molar-refractivity contribution in [2.75, 3.05) is 37.8 Å². The summed E-state index contributed by atoms with van der Waals surface area (Å²) in [5.41, 5.74) is 3.14. The number of benzene rings is 2. The van der Waals surface area contributed by atoms with Gasteiger partial charge >= 0.3 is 0 Å². The summed E-state index contributed by atoms with van der Waals surface area (Å²) in [6, 6.07) is 20.3. The van der Waals surface area contributed by atoms with Gasteiger partial charge in [0.05, 0.1) is 5.69 Å². The molecule has 0 amide bonds. The van der Waals surface area contributed by atoms with Crippen LogP contribution in [0.25, 0.3) is 11.3 Å². The second-order valence-electron chi connectivity index (χ2n) is 6.50. The quantitative estimate of drug-likeness (QED) is 0.556. The lowest BCUT2D eigenvalue weighted by Gasteiger charge is -2.13. The van der Waals surface area contributed by atoms with Crippen molar-refractivity contribution < 1.29 is 0 Å². The van der Waals surface area contributed by atoms with Gasteiger partial charge in [-0.05, 0) is 25.7 Å². The number of likely N-dealkylation sites (N-methyl/N-ethyl adjacent to an activating group) is 1. The van der Waals surface area contributed by atoms with E-state index in [1.54, 1.807) is 0 Å². The number of rotatable bonds is 8. The molecule has 1 aromatic heterocycles. The molecule has 3 aromatic rings. The zero-order chi connectivity index (χ0) is 19.1. The van der Waals surface area contributed by atoms with Crippen LogP contribution in [0.2, 0.25) is 0 Å². The van der Waals surface area contributed by atoms with Crippen molar-refractivity contribution in [1.82, 2.24) is 14.9 Å². The van der Waals surface area contributed by atoms with Crippen LogP contribution in [0.1, 0.15) is 5.56 Å². The maximum Gasteiger partial charge on any atom is 0.225 e. The average molecular weight is 426 g/mol. The molecule has 0 fully saturated rings. The number of anilines is 2. The van der Waals surface area contributed by atoms with Crippen molar-refractivity contribution in [2.45, 2.75) is 6.54 Å². The van der Waals surface area contributed by atoms with Gasteiger partial charge in [-0.3, -0.25) is 0 Å². The van der Waals surface area contributed by atoms with Crippen LogP contribution in [0.4, 0.5) is 11.8 Å². The van der Waals surface area contributed by atoms with E-state index in [1.165, 1.54) is 5.56 Å². The topological polar surface area (TPSA) is 53.1 Å². The molecule has 0 unspecified atom stereocenters. The molecular weight excluding hydrogens is 402 g/mol. The molecule has 0 aliphatic rings. The predicted molar refractivity (Wildman–Crippen MR) is 116 cm³/mol. The van der Waals surface area contributed by atoms with Crippen LogP contribution in [-0.2, 0) is 6.54 Å². The van der Waals surface area contributed by atoms with Crippen molar-refractivity contribution in [3.8, 4) is 11.3 Å². The summed E-state index contributed by atoms with van der Waals surface area (Å²) < 4.78 is 1.08. The van der Waals surface area contributed by atoms with Crippen molar-refractivity contribution >= 4 is 27.7 Å². The Morgan fingerprint density at radius 1 is 0.926 bits per heavy atom. The first-order valence-corrected chi connectivity index (χ1v) is 9.71. The van der Waals surface area contributed by atoms with E-state index in [-0.39, 0.29) is 0 Å². The summed E-state index contributed by atoms with van der Waals surface area (Å²) in [7, 11) is 4.10. The highest BCUT2D eigenvalue weighted by molar-refractivity contribution is 9.10. The van der Waals surface area contributed by atoms with Gasteiger partial charge in [0.2, 0.25) is 5.95 Å². The maximum atomic E-state index is 4.68. The normalized spacial score (nSPS) is 10.8. The van der Waals surface area contributed by atoms with E-state index in [0.29, 0.717) is 12.5 Å². The van der Waals surface area contributed by atoms with Crippen LogP contribution in [0, 0.1) is 0 Å². The van der Waals surface area contributed by atoms with Gasteiger partial charge in [0, 0.05) is 35.7 Å². The lowest BCUT2D eigenvalue weighted by Crippen LogP contribution is -2.21. The average Bonchev–Trinajstić information content (AvgIpc) is 2.68. The summed E-state index contributed by atoms with van der Waals surface area (Å²) in [6.07, 6.45) is 0. The minimum absolute atomic E-state index is 0.632. The van der Waals surface area contributed by atoms with Gasteiger partial charge in [-0.1, -0.05) is 64.5 Å². The second-order valence-corrected chi connectivity index (χ2v) is 7.36. The molecule has 140 valence electrons. The van der Waals surface area contributed by atoms with Crippen molar-refractivity contribution in [3.05, 3.63) is 70.7 Å². The highest BCUT2D eigenvalue weighted by Gasteiger charge is 2.07. The zero-order valence-electron chi connectivity index (χ0n) is 15.6. The molecule has 6 heteroatoms. The molecule has 2 N–H and O–H groups in total. The predicted octanol–water partition coefficient (Wildman–Crippen LogP) is 4.49. The van der Waals surface area contributed by atoms with Gasteiger partial charge in [-0.2, -0.15) is 4.98 Å². The molecule has 0 atom stereocenters. The van der Waals surface area contributed by atoms with Crippen LogP contribution in [0.5, 0.6) is 0 Å². The first-order chi connectivity index (χ1) is 13.1. The third-order valence-corrected chi connectivity index (χ3v) is 4.83. The molecule has 0 saturated heterocycles. The van der Waals surface area contributed by atoms with E-state index in [9.17, 15) is 0 Å². The smallest absolute Gasteiger partial charge is 0.225 e. The van der Waals surface area contributed by atoms with Gasteiger partial charge in [-0.15, -0.1) is 0 Å². The lowest BCUT2D eigenvalue weighted by molar-refractivity contribution is 0.425. The van der Waals surface area contributed by atoms with E-state index < -0.39 is 0 Å². The van der Waals surface area contributed by atoms with Crippen LogP contribution < -0.4 is 10.6 Å². The molecule has 5 nitrogen and oxygen atoms in total. The Bertz CT molecular complexity index is 867. The van der Waals surface area contributed by atoms with Gasteiger partial charge in [0.15, 0.2) is 0 Å². The number of halogens is 1. The van der Waals surface area contributed by atoms with E-state index in [4.69, 9.17) is 0 Å². The fourth-order valence-electron chi connectivity index (χ4n) is 2.59. The fourth-order valence-corrected chi connectivity index (χ4v) is 3.02. The van der Waals surface area contributed by atoms with Crippen LogP contribution in [-0.4, -0.2) is 42.1 Å². The first-order valence-electron chi connectivity index (χ1n) is 8.92. The largest absolute Gasteiger partial charge is 0.366 e. The lowest BCUT2D eigenvalue weighted by atomic mass is 10.1. The number of nitrogens with zero attached hydrogens (tertiary/aromatic N) is 3. The fraction of sp³-hybridized carbons (Fsp3) is 0.238. The van der Waals surface area contributed by atoms with Crippen molar-refractivity contribution in [2.24, 2.45) is 0 Å². The van der Waals surface area contributed by atoms with E-state index in [0.717, 1.165) is 34.6 Å². The van der Waals surface area contributed by atoms with Crippen LogP contribution in [0.3, 0.4) is 0 Å².